The van der Waals surface area contributed by atoms with Crippen LogP contribution in [0.4, 0.5) is 18.9 Å². The maximum Gasteiger partial charge on any atom is 0.473 e. The molecular weight excluding hydrogens is 543 g/mol. The highest BCUT2D eigenvalue weighted by atomic mass is 32.1. The van der Waals surface area contributed by atoms with Gasteiger partial charge < -0.3 is 10.0 Å². The van der Waals surface area contributed by atoms with Crippen molar-refractivity contribution in [3.05, 3.63) is 59.0 Å². The van der Waals surface area contributed by atoms with Crippen LogP contribution in [0.5, 0.6) is 0 Å². The molecule has 2 aromatic carbocycles. The number of hydrogen-bond acceptors (Lipinski definition) is 6. The normalized spacial score (nSPS) is 14.7. The Morgan fingerprint density at radius 2 is 1.65 bits per heavy atom. The molecule has 40 heavy (non-hydrogen) atoms. The third kappa shape index (κ3) is 5.94. The van der Waals surface area contributed by atoms with Crippen LogP contribution in [-0.2, 0) is 14.4 Å². The fraction of sp³-hybridized carbons (Fsp3) is 0.310. The molecule has 2 heterocycles. The van der Waals surface area contributed by atoms with E-state index in [1.807, 2.05) is 24.3 Å². The van der Waals surface area contributed by atoms with Crippen molar-refractivity contribution in [1.29, 1.82) is 0 Å². The monoisotopic (exact) mass is 571 g/mol. The van der Waals surface area contributed by atoms with Gasteiger partial charge in [-0.05, 0) is 48.1 Å². The molecule has 1 N–H and O–H groups in total. The largest absolute Gasteiger partial charge is 0.476 e. The van der Waals surface area contributed by atoms with Crippen LogP contribution in [0.3, 0.4) is 0 Å². The van der Waals surface area contributed by atoms with Gasteiger partial charge in [0.2, 0.25) is 0 Å². The molecule has 0 saturated carbocycles. The average Bonchev–Trinajstić information content (AvgIpc) is 3.52. The Labute approximate surface area is 233 Å². The van der Waals surface area contributed by atoms with Gasteiger partial charge in [0.05, 0.1) is 5.57 Å². The number of halogens is 3. The minimum absolute atomic E-state index is 0.425. The first-order valence-electron chi connectivity index (χ1n) is 12.9. The number of carboxylic acids is 1. The summed E-state index contributed by atoms with van der Waals surface area (Å²) in [5.74, 6) is -5.71. The Kier molecular flexibility index (Phi) is 8.73. The second kappa shape index (κ2) is 12.0. The quantitative estimate of drug-likeness (QED) is 0.273. The van der Waals surface area contributed by atoms with Gasteiger partial charge in [-0.3, -0.25) is 9.59 Å². The maximum absolute atomic E-state index is 12.9. The van der Waals surface area contributed by atoms with Gasteiger partial charge in [-0.15, -0.1) is 11.3 Å². The molecule has 0 spiro atoms. The average molecular weight is 572 g/mol. The number of fused-ring (bicyclic) bond motifs is 1. The Bertz CT molecular complexity index is 1500. The van der Waals surface area contributed by atoms with Crippen molar-refractivity contribution < 1.29 is 32.7 Å². The number of nitrogens with zero attached hydrogens (tertiary/aromatic N) is 3. The smallest absolute Gasteiger partial charge is 0.473 e. The van der Waals surface area contributed by atoms with Crippen molar-refractivity contribution in [2.24, 2.45) is 5.10 Å². The minimum atomic E-state index is -5.38. The number of amides is 2. The third-order valence-corrected chi connectivity index (χ3v) is 7.56. The van der Waals surface area contributed by atoms with Crippen LogP contribution in [0.2, 0.25) is 0 Å². The van der Waals surface area contributed by atoms with Crippen LogP contribution in [0.15, 0.2) is 59.2 Å². The third-order valence-electron chi connectivity index (χ3n) is 6.50. The number of hydrazone groups is 1. The first kappa shape index (κ1) is 29.0. The summed E-state index contributed by atoms with van der Waals surface area (Å²) in [5, 5.41) is 14.2. The topological polar surface area (TPSA) is 90.3 Å². The van der Waals surface area contributed by atoms with Gasteiger partial charge in [-0.2, -0.15) is 23.3 Å². The highest BCUT2D eigenvalue weighted by molar-refractivity contribution is 7.16. The summed E-state index contributed by atoms with van der Waals surface area (Å²) in [7, 11) is 0. The van der Waals surface area contributed by atoms with Gasteiger partial charge in [0.15, 0.2) is 5.71 Å². The van der Waals surface area contributed by atoms with Crippen LogP contribution in [0.25, 0.3) is 27.3 Å². The number of alkyl halides is 3. The van der Waals surface area contributed by atoms with E-state index in [1.165, 1.54) is 11.3 Å². The van der Waals surface area contributed by atoms with E-state index in [0.29, 0.717) is 4.88 Å². The van der Waals surface area contributed by atoms with Crippen LogP contribution < -0.4 is 4.90 Å². The number of carbonyl (C=O) groups excluding carboxylic acids is 2. The predicted octanol–water partition coefficient (Wildman–Crippen LogP) is 6.73. The summed E-state index contributed by atoms with van der Waals surface area (Å²) in [4.78, 5) is 39.5. The van der Waals surface area contributed by atoms with Crippen LogP contribution in [0.1, 0.15) is 44.4 Å². The summed E-state index contributed by atoms with van der Waals surface area (Å²) < 4.78 is 38.7. The maximum atomic E-state index is 12.9. The number of unbranched alkanes of at least 4 members (excludes halogenated alkanes) is 2. The Balaban J connectivity index is 1.71. The Morgan fingerprint density at radius 1 is 1.00 bits per heavy atom. The van der Waals surface area contributed by atoms with Crippen LogP contribution in [0, 0.1) is 0 Å². The van der Waals surface area contributed by atoms with E-state index in [-0.39, 0.29) is 0 Å². The molecule has 0 aliphatic carbocycles. The number of anilines is 1. The molecule has 0 saturated heterocycles. The van der Waals surface area contributed by atoms with Gasteiger partial charge in [0.25, 0.3) is 5.91 Å². The first-order valence-corrected chi connectivity index (χ1v) is 13.7. The van der Waals surface area contributed by atoms with Gasteiger partial charge in [-0.25, -0.2) is 4.79 Å². The molecule has 1 aromatic heterocycles. The number of carbonyl (C=O) groups is 3. The molecule has 1 aliphatic rings. The van der Waals surface area contributed by atoms with Crippen molar-refractivity contribution in [3.8, 4) is 10.4 Å². The molecule has 0 radical (unpaired) electrons. The van der Waals surface area contributed by atoms with E-state index >= 15 is 0 Å². The number of benzene rings is 2. The van der Waals surface area contributed by atoms with E-state index in [0.717, 1.165) is 71.7 Å². The number of imide groups is 1. The number of aliphatic carboxylic acids is 1. The molecule has 11 heteroatoms. The number of rotatable bonds is 10. The van der Waals surface area contributed by atoms with Gasteiger partial charge in [-0.1, -0.05) is 57.0 Å². The van der Waals surface area contributed by atoms with Gasteiger partial charge in [0.1, 0.15) is 0 Å². The summed E-state index contributed by atoms with van der Waals surface area (Å²) in [6, 6.07) is 15.6. The highest BCUT2D eigenvalue weighted by Gasteiger charge is 2.49. The second-order valence-corrected chi connectivity index (χ2v) is 10.4. The van der Waals surface area contributed by atoms with Crippen molar-refractivity contribution in [3.63, 3.8) is 0 Å². The standard InChI is InChI=1S/C29H28F3N3O4S/c1-3-5-15-34(16-6-4-2)23-13-12-21(19-9-7-8-10-20(19)23)24-14-11-18(40-24)17-22-25(27(37)38)33-35(26(22)36)28(39)29(30,31)32/h7-14,17H,3-6,15-16H2,1-2H3,(H,37,38)/b22-17-. The second-order valence-electron chi connectivity index (χ2n) is 9.31. The summed E-state index contributed by atoms with van der Waals surface area (Å²) in [5.41, 5.74) is 0.555. The number of carboxylic acid groups (broad SMARTS) is 1. The highest BCUT2D eigenvalue weighted by Crippen LogP contribution is 2.39. The lowest BCUT2D eigenvalue weighted by Gasteiger charge is -2.27. The molecule has 3 aromatic rings. The van der Waals surface area contributed by atoms with Crippen molar-refractivity contribution in [2.75, 3.05) is 18.0 Å². The molecule has 1 aliphatic heterocycles. The van der Waals surface area contributed by atoms with Gasteiger partial charge in [0, 0.05) is 33.9 Å². The Hall–Kier alpha value is -3.99. The summed E-state index contributed by atoms with van der Waals surface area (Å²) in [6.07, 6.45) is 0.103. The van der Waals surface area contributed by atoms with Crippen molar-refractivity contribution in [2.45, 2.75) is 45.7 Å². The van der Waals surface area contributed by atoms with Crippen molar-refractivity contribution >= 4 is 57.4 Å². The van der Waals surface area contributed by atoms with E-state index in [4.69, 9.17) is 0 Å². The van der Waals surface area contributed by atoms with Crippen molar-refractivity contribution in [1.82, 2.24) is 5.01 Å². The minimum Gasteiger partial charge on any atom is -0.476 e. The van der Waals surface area contributed by atoms with E-state index in [1.54, 1.807) is 12.1 Å². The lowest BCUT2D eigenvalue weighted by molar-refractivity contribution is -0.186. The lowest BCUT2D eigenvalue weighted by Crippen LogP contribution is -2.39. The first-order chi connectivity index (χ1) is 19.1. The van der Waals surface area contributed by atoms with Crippen LogP contribution in [-0.4, -0.2) is 52.9 Å². The molecule has 2 amide bonds. The predicted molar refractivity (Wildman–Crippen MR) is 150 cm³/mol. The molecule has 4 rings (SSSR count). The van der Waals surface area contributed by atoms with E-state index < -0.39 is 40.3 Å². The zero-order valence-electron chi connectivity index (χ0n) is 22.0. The van der Waals surface area contributed by atoms with E-state index in [9.17, 15) is 32.7 Å². The van der Waals surface area contributed by atoms with E-state index in [2.05, 4.69) is 36.0 Å². The summed E-state index contributed by atoms with van der Waals surface area (Å²) >= 11 is 1.24. The Morgan fingerprint density at radius 3 is 2.25 bits per heavy atom. The zero-order valence-corrected chi connectivity index (χ0v) is 22.8. The molecule has 0 atom stereocenters. The molecule has 7 nitrogen and oxygen atoms in total. The SMILES string of the molecule is CCCCN(CCCC)c1ccc(-c2ccc(/C=C3\C(=O)N(C(=O)C(F)(F)F)N=C3C(=O)O)s2)c2ccccc12. The molecule has 0 unspecified atom stereocenters. The lowest BCUT2D eigenvalue weighted by atomic mass is 10.0. The number of thiophene rings is 1. The zero-order chi connectivity index (χ0) is 29.0. The van der Waals surface area contributed by atoms with Crippen LogP contribution >= 0.6 is 11.3 Å². The fourth-order valence-electron chi connectivity index (χ4n) is 4.50. The number of hydrogen-bond donors (Lipinski definition) is 1. The molecule has 0 fully saturated rings. The summed E-state index contributed by atoms with van der Waals surface area (Å²) in [6.45, 7) is 6.23. The molecule has 210 valence electrons. The molecular formula is C29H28F3N3O4S. The fourth-order valence-corrected chi connectivity index (χ4v) is 5.49. The molecule has 0 bridgehead atoms. The van der Waals surface area contributed by atoms with Gasteiger partial charge >= 0.3 is 18.1 Å².